The number of furan rings is 1. The highest BCUT2D eigenvalue weighted by molar-refractivity contribution is 6.26. The van der Waals surface area contributed by atoms with Crippen molar-refractivity contribution in [2.45, 2.75) is 0 Å². The SMILES string of the molecule is c1ccc(-c2ccc(-c3ccccc3-c3cccc4c3oc3cccc(-c5c6ccccc6c(-c6ccccc6)c6ccccc56)c34)cc2)cc1. The summed E-state index contributed by atoms with van der Waals surface area (Å²) in [4.78, 5) is 0. The van der Waals surface area contributed by atoms with E-state index in [1.165, 1.54) is 66.1 Å². The quantitative estimate of drug-likeness (QED) is 0.169. The molecule has 0 saturated heterocycles. The van der Waals surface area contributed by atoms with E-state index in [-0.39, 0.29) is 0 Å². The van der Waals surface area contributed by atoms with Gasteiger partial charge in [0.05, 0.1) is 0 Å². The lowest BCUT2D eigenvalue weighted by Crippen LogP contribution is -1.91. The summed E-state index contributed by atoms with van der Waals surface area (Å²) in [5.74, 6) is 0. The molecule has 10 rings (SSSR count). The van der Waals surface area contributed by atoms with Crippen LogP contribution in [0, 0.1) is 0 Å². The Labute approximate surface area is 296 Å². The molecule has 238 valence electrons. The summed E-state index contributed by atoms with van der Waals surface area (Å²) in [6, 6.07) is 69.7. The van der Waals surface area contributed by atoms with Crippen LogP contribution in [0.1, 0.15) is 0 Å². The summed E-state index contributed by atoms with van der Waals surface area (Å²) in [5.41, 5.74) is 13.7. The third-order valence-corrected chi connectivity index (χ3v) is 10.3. The average molecular weight is 649 g/mol. The van der Waals surface area contributed by atoms with Gasteiger partial charge in [-0.2, -0.15) is 0 Å². The van der Waals surface area contributed by atoms with Crippen molar-refractivity contribution in [3.63, 3.8) is 0 Å². The van der Waals surface area contributed by atoms with E-state index in [0.29, 0.717) is 0 Å². The van der Waals surface area contributed by atoms with E-state index >= 15 is 0 Å². The second-order valence-electron chi connectivity index (χ2n) is 13.2. The summed E-state index contributed by atoms with van der Waals surface area (Å²) in [6.45, 7) is 0. The maximum Gasteiger partial charge on any atom is 0.143 e. The zero-order valence-electron chi connectivity index (χ0n) is 27.9. The van der Waals surface area contributed by atoms with Gasteiger partial charge in [-0.05, 0) is 77.7 Å². The second kappa shape index (κ2) is 12.0. The number of hydrogen-bond acceptors (Lipinski definition) is 1. The van der Waals surface area contributed by atoms with E-state index in [0.717, 1.165) is 33.1 Å². The van der Waals surface area contributed by atoms with E-state index in [9.17, 15) is 0 Å². The zero-order chi connectivity index (χ0) is 33.7. The summed E-state index contributed by atoms with van der Waals surface area (Å²) < 4.78 is 6.89. The molecule has 0 saturated carbocycles. The Balaban J connectivity index is 1.20. The van der Waals surface area contributed by atoms with Crippen LogP contribution in [-0.4, -0.2) is 0 Å². The molecular weight excluding hydrogens is 617 g/mol. The first kappa shape index (κ1) is 29.2. The van der Waals surface area contributed by atoms with Gasteiger partial charge in [-0.3, -0.25) is 0 Å². The van der Waals surface area contributed by atoms with Crippen molar-refractivity contribution in [1.82, 2.24) is 0 Å². The van der Waals surface area contributed by atoms with Gasteiger partial charge in [0.1, 0.15) is 11.2 Å². The Morgan fingerprint density at radius 1 is 0.255 bits per heavy atom. The largest absolute Gasteiger partial charge is 0.455 e. The molecule has 10 aromatic rings. The van der Waals surface area contributed by atoms with Crippen LogP contribution < -0.4 is 0 Å². The van der Waals surface area contributed by atoms with Gasteiger partial charge < -0.3 is 4.42 Å². The molecular formula is C50H32O. The summed E-state index contributed by atoms with van der Waals surface area (Å²) >= 11 is 0. The molecule has 0 unspecified atom stereocenters. The molecule has 1 heterocycles. The molecule has 0 atom stereocenters. The normalized spacial score (nSPS) is 11.5. The maximum atomic E-state index is 6.89. The molecule has 51 heavy (non-hydrogen) atoms. The number of para-hydroxylation sites is 1. The van der Waals surface area contributed by atoms with Crippen LogP contribution in [0.3, 0.4) is 0 Å². The van der Waals surface area contributed by atoms with Crippen LogP contribution in [0.2, 0.25) is 0 Å². The van der Waals surface area contributed by atoms with Gasteiger partial charge in [0.2, 0.25) is 0 Å². The lowest BCUT2D eigenvalue weighted by Gasteiger charge is -2.18. The highest BCUT2D eigenvalue weighted by Gasteiger charge is 2.22. The van der Waals surface area contributed by atoms with E-state index in [1.807, 2.05) is 0 Å². The molecule has 0 bridgehead atoms. The fraction of sp³-hybridized carbons (Fsp3) is 0. The smallest absolute Gasteiger partial charge is 0.143 e. The summed E-state index contributed by atoms with van der Waals surface area (Å²) in [5, 5.41) is 7.22. The van der Waals surface area contributed by atoms with Gasteiger partial charge >= 0.3 is 0 Å². The predicted molar refractivity (Wildman–Crippen MR) is 216 cm³/mol. The fourth-order valence-corrected chi connectivity index (χ4v) is 8.05. The Hall–Kier alpha value is -6.70. The van der Waals surface area contributed by atoms with Crippen LogP contribution in [0.15, 0.2) is 199 Å². The van der Waals surface area contributed by atoms with Gasteiger partial charge in [0, 0.05) is 16.3 Å². The van der Waals surface area contributed by atoms with Gasteiger partial charge in [-0.1, -0.05) is 188 Å². The molecule has 0 amide bonds. The minimum absolute atomic E-state index is 0.889. The van der Waals surface area contributed by atoms with E-state index in [2.05, 4.69) is 194 Å². The third kappa shape index (κ3) is 4.78. The molecule has 0 N–H and O–H groups in total. The highest BCUT2D eigenvalue weighted by Crippen LogP contribution is 2.48. The zero-order valence-corrected chi connectivity index (χ0v) is 27.9. The Kier molecular flexibility index (Phi) is 6.89. The van der Waals surface area contributed by atoms with Crippen molar-refractivity contribution in [3.8, 4) is 55.6 Å². The van der Waals surface area contributed by atoms with Crippen molar-refractivity contribution < 1.29 is 4.42 Å². The molecule has 9 aromatic carbocycles. The number of benzene rings is 9. The molecule has 1 aromatic heterocycles. The molecule has 0 spiro atoms. The molecule has 0 aliphatic rings. The van der Waals surface area contributed by atoms with Crippen molar-refractivity contribution in [1.29, 1.82) is 0 Å². The van der Waals surface area contributed by atoms with Crippen LogP contribution in [0.5, 0.6) is 0 Å². The number of rotatable bonds is 5. The van der Waals surface area contributed by atoms with Crippen LogP contribution in [0.25, 0.3) is 99.1 Å². The Bertz CT molecular complexity index is 2820. The first-order valence-corrected chi connectivity index (χ1v) is 17.5. The van der Waals surface area contributed by atoms with Crippen molar-refractivity contribution >= 4 is 43.5 Å². The van der Waals surface area contributed by atoms with Gasteiger partial charge in [0.25, 0.3) is 0 Å². The Morgan fingerprint density at radius 2 is 0.706 bits per heavy atom. The van der Waals surface area contributed by atoms with Crippen molar-refractivity contribution in [2.24, 2.45) is 0 Å². The van der Waals surface area contributed by atoms with Crippen LogP contribution in [0.4, 0.5) is 0 Å². The number of fused-ring (bicyclic) bond motifs is 5. The first-order valence-electron chi connectivity index (χ1n) is 17.5. The lowest BCUT2D eigenvalue weighted by molar-refractivity contribution is 0.670. The van der Waals surface area contributed by atoms with E-state index in [1.54, 1.807) is 0 Å². The standard InChI is InChI=1S/C50H32O/c1-3-15-33(16-4-1)34-29-31-35(32-30-34)37-19-7-8-20-38(37)43-25-13-27-45-49-44(26-14-28-46(49)51-50(43)45)48-41-23-11-9-21-39(41)47(36-17-5-2-6-18-36)40-22-10-12-24-42(40)48/h1-32H. The first-order chi connectivity index (χ1) is 25.3. The topological polar surface area (TPSA) is 13.1 Å². The fourth-order valence-electron chi connectivity index (χ4n) is 8.05. The molecule has 0 aliphatic carbocycles. The van der Waals surface area contributed by atoms with Crippen LogP contribution >= 0.6 is 0 Å². The summed E-state index contributed by atoms with van der Waals surface area (Å²) in [7, 11) is 0. The van der Waals surface area contributed by atoms with Gasteiger partial charge in [0.15, 0.2) is 0 Å². The van der Waals surface area contributed by atoms with Gasteiger partial charge in [-0.15, -0.1) is 0 Å². The Morgan fingerprint density at radius 3 is 1.37 bits per heavy atom. The maximum absolute atomic E-state index is 6.89. The molecule has 1 heteroatoms. The van der Waals surface area contributed by atoms with Crippen molar-refractivity contribution in [2.75, 3.05) is 0 Å². The number of hydrogen-bond donors (Lipinski definition) is 0. The second-order valence-corrected chi connectivity index (χ2v) is 13.2. The minimum atomic E-state index is 0.889. The monoisotopic (exact) mass is 648 g/mol. The van der Waals surface area contributed by atoms with Crippen LogP contribution in [-0.2, 0) is 0 Å². The molecule has 0 radical (unpaired) electrons. The van der Waals surface area contributed by atoms with E-state index < -0.39 is 0 Å². The third-order valence-electron chi connectivity index (χ3n) is 10.3. The lowest BCUT2D eigenvalue weighted by atomic mass is 9.85. The van der Waals surface area contributed by atoms with Gasteiger partial charge in [-0.25, -0.2) is 0 Å². The summed E-state index contributed by atoms with van der Waals surface area (Å²) in [6.07, 6.45) is 0. The highest BCUT2D eigenvalue weighted by atomic mass is 16.3. The van der Waals surface area contributed by atoms with Crippen molar-refractivity contribution in [3.05, 3.63) is 194 Å². The molecule has 1 nitrogen and oxygen atoms in total. The molecule has 0 fully saturated rings. The van der Waals surface area contributed by atoms with E-state index in [4.69, 9.17) is 4.42 Å². The average Bonchev–Trinajstić information content (AvgIpc) is 3.60. The molecule has 0 aliphatic heterocycles. The minimum Gasteiger partial charge on any atom is -0.455 e. The predicted octanol–water partition coefficient (Wildman–Crippen LogP) is 14.2.